The van der Waals surface area contributed by atoms with Gasteiger partial charge in [-0.2, -0.15) is 0 Å². The van der Waals surface area contributed by atoms with Crippen molar-refractivity contribution in [3.63, 3.8) is 0 Å². The van der Waals surface area contributed by atoms with E-state index in [4.69, 9.17) is 5.11 Å². The van der Waals surface area contributed by atoms with Gasteiger partial charge in [0.15, 0.2) is 0 Å². The lowest BCUT2D eigenvalue weighted by Crippen LogP contribution is -2.21. The highest BCUT2D eigenvalue weighted by Crippen LogP contribution is 2.28. The van der Waals surface area contributed by atoms with Crippen molar-refractivity contribution in [3.05, 3.63) is 33.4 Å². The first kappa shape index (κ1) is 10.9. The van der Waals surface area contributed by atoms with E-state index in [2.05, 4.69) is 34.0 Å². The fraction of sp³-hybridized carbons (Fsp3) is 0.364. The second-order valence-electron chi connectivity index (χ2n) is 3.76. The molecule has 0 aromatic heterocycles. The Kier molecular flexibility index (Phi) is 3.25. The molecule has 2 atom stereocenters. The lowest BCUT2D eigenvalue weighted by molar-refractivity contribution is -0.141. The van der Waals surface area contributed by atoms with Gasteiger partial charge < -0.3 is 10.4 Å². The van der Waals surface area contributed by atoms with Gasteiger partial charge in [0.1, 0.15) is 0 Å². The Balaban J connectivity index is 2.26. The van der Waals surface area contributed by atoms with Crippen LogP contribution in [0.4, 0.5) is 0 Å². The van der Waals surface area contributed by atoms with Crippen molar-refractivity contribution in [1.29, 1.82) is 0 Å². The maximum atomic E-state index is 11.0. The van der Waals surface area contributed by atoms with E-state index < -0.39 is 5.97 Å². The van der Waals surface area contributed by atoms with Gasteiger partial charge in [0.25, 0.3) is 0 Å². The lowest BCUT2D eigenvalue weighted by Gasteiger charge is -2.15. The predicted molar refractivity (Wildman–Crippen MR) is 65.9 cm³/mol. The maximum Gasteiger partial charge on any atom is 0.308 e. The highest BCUT2D eigenvalue weighted by molar-refractivity contribution is 14.1. The molecule has 1 aromatic carbocycles. The van der Waals surface area contributed by atoms with E-state index in [0.717, 1.165) is 15.7 Å². The topological polar surface area (TPSA) is 49.3 Å². The highest BCUT2D eigenvalue weighted by atomic mass is 127. The lowest BCUT2D eigenvalue weighted by atomic mass is 9.89. The van der Waals surface area contributed by atoms with Crippen molar-refractivity contribution in [2.24, 2.45) is 5.92 Å². The van der Waals surface area contributed by atoms with Crippen molar-refractivity contribution in [2.75, 3.05) is 13.1 Å². The highest BCUT2D eigenvalue weighted by Gasteiger charge is 2.33. The molecule has 1 saturated heterocycles. The molecule has 0 spiro atoms. The predicted octanol–water partition coefficient (Wildman–Crippen LogP) is 1.68. The first-order chi connectivity index (χ1) is 7.18. The molecule has 1 aliphatic rings. The zero-order valence-corrected chi connectivity index (χ0v) is 10.3. The molecule has 15 heavy (non-hydrogen) atoms. The summed E-state index contributed by atoms with van der Waals surface area (Å²) in [6.45, 7) is 1.34. The molecule has 4 heteroatoms. The van der Waals surface area contributed by atoms with Crippen molar-refractivity contribution < 1.29 is 9.90 Å². The molecule has 80 valence electrons. The summed E-state index contributed by atoms with van der Waals surface area (Å²) in [4.78, 5) is 11.0. The van der Waals surface area contributed by atoms with Crippen molar-refractivity contribution in [1.82, 2.24) is 5.32 Å². The van der Waals surface area contributed by atoms with Crippen LogP contribution in [0.3, 0.4) is 0 Å². The molecule has 1 heterocycles. The van der Waals surface area contributed by atoms with Crippen LogP contribution in [0.1, 0.15) is 11.5 Å². The van der Waals surface area contributed by atoms with Gasteiger partial charge in [-0.15, -0.1) is 0 Å². The molecule has 1 aliphatic heterocycles. The molecule has 1 fully saturated rings. The summed E-state index contributed by atoms with van der Waals surface area (Å²) >= 11 is 2.25. The number of benzene rings is 1. The number of rotatable bonds is 2. The third-order valence-electron chi connectivity index (χ3n) is 2.81. The van der Waals surface area contributed by atoms with Gasteiger partial charge in [0.2, 0.25) is 0 Å². The Hall–Kier alpha value is -0.620. The first-order valence-corrected chi connectivity index (χ1v) is 5.95. The maximum absolute atomic E-state index is 11.0. The Morgan fingerprint density at radius 2 is 2.27 bits per heavy atom. The van der Waals surface area contributed by atoms with E-state index in [9.17, 15) is 4.79 Å². The van der Waals surface area contributed by atoms with E-state index >= 15 is 0 Å². The normalized spacial score (nSPS) is 25.4. The van der Waals surface area contributed by atoms with Crippen LogP contribution < -0.4 is 5.32 Å². The standard InChI is InChI=1S/C11H12INO2/c12-8-3-1-2-7(4-8)9-5-13-6-10(9)11(14)15/h1-4,9-10,13H,5-6H2,(H,14,15). The number of hydrogen-bond acceptors (Lipinski definition) is 2. The Morgan fingerprint density at radius 1 is 1.47 bits per heavy atom. The van der Waals surface area contributed by atoms with Crippen LogP contribution in [0.15, 0.2) is 24.3 Å². The van der Waals surface area contributed by atoms with E-state index in [-0.39, 0.29) is 11.8 Å². The number of carbonyl (C=O) groups is 1. The van der Waals surface area contributed by atoms with Crippen LogP contribution in [-0.4, -0.2) is 24.2 Å². The van der Waals surface area contributed by atoms with Crippen LogP contribution in [0.25, 0.3) is 0 Å². The summed E-state index contributed by atoms with van der Waals surface area (Å²) in [5.41, 5.74) is 1.12. The summed E-state index contributed by atoms with van der Waals surface area (Å²) in [6, 6.07) is 8.07. The van der Waals surface area contributed by atoms with E-state index in [1.807, 2.05) is 18.2 Å². The van der Waals surface area contributed by atoms with Crippen LogP contribution in [0, 0.1) is 9.49 Å². The van der Waals surface area contributed by atoms with Crippen LogP contribution >= 0.6 is 22.6 Å². The minimum atomic E-state index is -0.705. The zero-order valence-electron chi connectivity index (χ0n) is 8.11. The first-order valence-electron chi connectivity index (χ1n) is 4.87. The minimum Gasteiger partial charge on any atom is -0.481 e. The largest absolute Gasteiger partial charge is 0.481 e. The van der Waals surface area contributed by atoms with Gasteiger partial charge in [-0.05, 0) is 40.3 Å². The number of carboxylic acids is 1. The average Bonchev–Trinajstić information content (AvgIpc) is 2.65. The van der Waals surface area contributed by atoms with Gasteiger partial charge in [0, 0.05) is 22.6 Å². The molecule has 0 saturated carbocycles. The smallest absolute Gasteiger partial charge is 0.308 e. The van der Waals surface area contributed by atoms with Gasteiger partial charge in [-0.1, -0.05) is 12.1 Å². The third kappa shape index (κ3) is 2.31. The zero-order chi connectivity index (χ0) is 10.8. The number of aliphatic carboxylic acids is 1. The molecule has 0 radical (unpaired) electrons. The van der Waals surface area contributed by atoms with Gasteiger partial charge in [-0.3, -0.25) is 4.79 Å². The Labute approximate surface area is 102 Å². The Morgan fingerprint density at radius 3 is 2.93 bits per heavy atom. The molecule has 2 unspecified atom stereocenters. The summed E-state index contributed by atoms with van der Waals surface area (Å²) in [5, 5.41) is 12.2. The molecule has 0 bridgehead atoms. The van der Waals surface area contributed by atoms with Gasteiger partial charge in [0.05, 0.1) is 5.92 Å². The number of nitrogens with one attached hydrogen (secondary N) is 1. The summed E-state index contributed by atoms with van der Waals surface area (Å²) in [7, 11) is 0. The van der Waals surface area contributed by atoms with Crippen molar-refractivity contribution in [3.8, 4) is 0 Å². The summed E-state index contributed by atoms with van der Waals surface area (Å²) in [5.74, 6) is -0.885. The fourth-order valence-electron chi connectivity index (χ4n) is 2.03. The molecular weight excluding hydrogens is 305 g/mol. The van der Waals surface area contributed by atoms with Crippen molar-refractivity contribution >= 4 is 28.6 Å². The third-order valence-corrected chi connectivity index (χ3v) is 3.48. The number of carboxylic acid groups (broad SMARTS) is 1. The van der Waals surface area contributed by atoms with Crippen molar-refractivity contribution in [2.45, 2.75) is 5.92 Å². The second-order valence-corrected chi connectivity index (χ2v) is 5.01. The van der Waals surface area contributed by atoms with E-state index in [0.29, 0.717) is 6.54 Å². The molecule has 1 aromatic rings. The van der Waals surface area contributed by atoms with Crippen LogP contribution in [0.2, 0.25) is 0 Å². The van der Waals surface area contributed by atoms with E-state index in [1.54, 1.807) is 0 Å². The number of hydrogen-bond donors (Lipinski definition) is 2. The SMILES string of the molecule is O=C(O)C1CNCC1c1cccc(I)c1. The molecule has 0 aliphatic carbocycles. The minimum absolute atomic E-state index is 0.109. The molecular formula is C11H12INO2. The molecule has 2 N–H and O–H groups in total. The molecule has 2 rings (SSSR count). The average molecular weight is 317 g/mol. The number of halogens is 1. The summed E-state index contributed by atoms with van der Waals surface area (Å²) < 4.78 is 1.15. The molecule has 3 nitrogen and oxygen atoms in total. The van der Waals surface area contributed by atoms with E-state index in [1.165, 1.54) is 0 Å². The monoisotopic (exact) mass is 317 g/mol. The molecule has 0 amide bonds. The second kappa shape index (κ2) is 4.49. The Bertz CT molecular complexity index is 381. The quantitative estimate of drug-likeness (QED) is 0.816. The van der Waals surface area contributed by atoms with Gasteiger partial charge >= 0.3 is 5.97 Å². The van der Waals surface area contributed by atoms with Crippen LogP contribution in [0.5, 0.6) is 0 Å². The van der Waals surface area contributed by atoms with Gasteiger partial charge in [-0.25, -0.2) is 0 Å². The fourth-order valence-corrected chi connectivity index (χ4v) is 2.59. The van der Waals surface area contributed by atoms with Crippen LogP contribution in [-0.2, 0) is 4.79 Å². The summed E-state index contributed by atoms with van der Waals surface area (Å²) in [6.07, 6.45) is 0.